The molecule has 1 aliphatic rings. The molecule has 0 amide bonds. The third kappa shape index (κ3) is 4.52. The van der Waals surface area contributed by atoms with Crippen LogP contribution in [0.2, 0.25) is 0 Å². The van der Waals surface area contributed by atoms with Gasteiger partial charge < -0.3 is 10.4 Å². The fraction of sp³-hybridized carbons (Fsp3) is 1.00. The van der Waals surface area contributed by atoms with Gasteiger partial charge in [0.15, 0.2) is 0 Å². The van der Waals surface area contributed by atoms with Crippen LogP contribution in [0.4, 0.5) is 0 Å². The molecule has 3 atom stereocenters. The van der Waals surface area contributed by atoms with Gasteiger partial charge in [-0.15, -0.1) is 0 Å². The van der Waals surface area contributed by atoms with Crippen LogP contribution in [0.15, 0.2) is 0 Å². The van der Waals surface area contributed by atoms with Gasteiger partial charge in [0.05, 0.1) is 6.10 Å². The zero-order chi connectivity index (χ0) is 11.1. The molecular formula is C13H27NO. The maximum Gasteiger partial charge on any atom is 0.0707 e. The summed E-state index contributed by atoms with van der Waals surface area (Å²) in [6.07, 6.45) is 7.97. The van der Waals surface area contributed by atoms with Gasteiger partial charge in [0.25, 0.3) is 0 Å². The maximum absolute atomic E-state index is 9.74. The van der Waals surface area contributed by atoms with Crippen molar-refractivity contribution in [3.63, 3.8) is 0 Å². The Morgan fingerprint density at radius 2 is 1.93 bits per heavy atom. The van der Waals surface area contributed by atoms with Gasteiger partial charge >= 0.3 is 0 Å². The second-order valence-corrected chi connectivity index (χ2v) is 5.07. The largest absolute Gasteiger partial charge is 0.391 e. The molecule has 2 nitrogen and oxygen atoms in total. The summed E-state index contributed by atoms with van der Waals surface area (Å²) in [6.45, 7) is 6.35. The first-order chi connectivity index (χ1) is 7.25. The summed E-state index contributed by atoms with van der Waals surface area (Å²) in [7, 11) is 0. The lowest BCUT2D eigenvalue weighted by molar-refractivity contribution is 0.114. The second-order valence-electron chi connectivity index (χ2n) is 5.07. The van der Waals surface area contributed by atoms with Crippen molar-refractivity contribution < 1.29 is 5.11 Å². The van der Waals surface area contributed by atoms with E-state index in [1.165, 1.54) is 38.5 Å². The van der Waals surface area contributed by atoms with E-state index in [-0.39, 0.29) is 6.10 Å². The molecule has 1 fully saturated rings. The van der Waals surface area contributed by atoms with E-state index in [0.717, 1.165) is 13.1 Å². The molecule has 1 rings (SSSR count). The zero-order valence-electron chi connectivity index (χ0n) is 10.3. The molecule has 0 aromatic carbocycles. The second kappa shape index (κ2) is 7.24. The SMILES string of the molecule is CCCCCCCC(C)[C@H]1CNC[C@@H]1O. The quantitative estimate of drug-likeness (QED) is 0.637. The third-order valence-corrected chi connectivity index (χ3v) is 3.72. The lowest BCUT2D eigenvalue weighted by Crippen LogP contribution is -2.24. The van der Waals surface area contributed by atoms with E-state index in [0.29, 0.717) is 11.8 Å². The fourth-order valence-corrected chi connectivity index (χ4v) is 2.55. The van der Waals surface area contributed by atoms with Crippen molar-refractivity contribution in [2.24, 2.45) is 11.8 Å². The Balaban J connectivity index is 2.05. The minimum Gasteiger partial charge on any atom is -0.391 e. The number of unbranched alkanes of at least 4 members (excludes halogenated alkanes) is 4. The van der Waals surface area contributed by atoms with E-state index in [9.17, 15) is 5.11 Å². The van der Waals surface area contributed by atoms with E-state index in [1.54, 1.807) is 0 Å². The van der Waals surface area contributed by atoms with Crippen molar-refractivity contribution in [2.75, 3.05) is 13.1 Å². The smallest absolute Gasteiger partial charge is 0.0707 e. The van der Waals surface area contributed by atoms with E-state index in [1.807, 2.05) is 0 Å². The standard InChI is InChI=1S/C13H27NO/c1-3-4-5-6-7-8-11(2)12-9-14-10-13(12)15/h11-15H,3-10H2,1-2H3/t11?,12-,13+/m1/s1. The van der Waals surface area contributed by atoms with Crippen LogP contribution >= 0.6 is 0 Å². The highest BCUT2D eigenvalue weighted by Crippen LogP contribution is 2.24. The Kier molecular flexibility index (Phi) is 6.26. The van der Waals surface area contributed by atoms with Crippen molar-refractivity contribution in [2.45, 2.75) is 58.5 Å². The third-order valence-electron chi connectivity index (χ3n) is 3.72. The molecule has 0 aromatic rings. The van der Waals surface area contributed by atoms with E-state index in [2.05, 4.69) is 19.2 Å². The summed E-state index contributed by atoms with van der Waals surface area (Å²) in [5.41, 5.74) is 0. The summed E-state index contributed by atoms with van der Waals surface area (Å²) in [5.74, 6) is 1.17. The number of aliphatic hydroxyl groups excluding tert-OH is 1. The van der Waals surface area contributed by atoms with Crippen LogP contribution in [0.3, 0.4) is 0 Å². The molecule has 1 saturated heterocycles. The first-order valence-corrected chi connectivity index (χ1v) is 6.64. The van der Waals surface area contributed by atoms with Crippen LogP contribution in [0, 0.1) is 11.8 Å². The van der Waals surface area contributed by atoms with Gasteiger partial charge in [-0.05, 0) is 5.92 Å². The van der Waals surface area contributed by atoms with Gasteiger partial charge in [-0.2, -0.15) is 0 Å². The molecule has 15 heavy (non-hydrogen) atoms. The Hall–Kier alpha value is -0.0800. The minimum atomic E-state index is -0.101. The molecule has 0 radical (unpaired) electrons. The van der Waals surface area contributed by atoms with Crippen molar-refractivity contribution in [3.8, 4) is 0 Å². The summed E-state index contributed by atoms with van der Waals surface area (Å²) < 4.78 is 0. The Morgan fingerprint density at radius 1 is 1.20 bits per heavy atom. The molecule has 2 N–H and O–H groups in total. The van der Waals surface area contributed by atoms with Gasteiger partial charge in [-0.25, -0.2) is 0 Å². The summed E-state index contributed by atoms with van der Waals surface area (Å²) in [5, 5.41) is 13.0. The van der Waals surface area contributed by atoms with Crippen molar-refractivity contribution in [3.05, 3.63) is 0 Å². The summed E-state index contributed by atoms with van der Waals surface area (Å²) >= 11 is 0. The molecule has 0 bridgehead atoms. The molecule has 90 valence electrons. The number of rotatable bonds is 7. The normalized spacial score (nSPS) is 28.2. The average molecular weight is 213 g/mol. The Bertz CT molecular complexity index is 161. The highest BCUT2D eigenvalue weighted by molar-refractivity contribution is 4.83. The van der Waals surface area contributed by atoms with Crippen molar-refractivity contribution in [1.82, 2.24) is 5.32 Å². The van der Waals surface area contributed by atoms with Gasteiger partial charge in [0.1, 0.15) is 0 Å². The molecule has 2 heteroatoms. The molecule has 1 unspecified atom stereocenters. The summed E-state index contributed by atoms with van der Waals surface area (Å²) in [4.78, 5) is 0. The molecule has 1 heterocycles. The Labute approximate surface area is 94.5 Å². The first kappa shape index (κ1) is 13.0. The van der Waals surface area contributed by atoms with Crippen molar-refractivity contribution in [1.29, 1.82) is 0 Å². The maximum atomic E-state index is 9.74. The Morgan fingerprint density at radius 3 is 2.53 bits per heavy atom. The van der Waals surface area contributed by atoms with Gasteiger partial charge in [0.2, 0.25) is 0 Å². The predicted octanol–water partition coefficient (Wildman–Crippen LogP) is 2.56. The monoisotopic (exact) mass is 213 g/mol. The molecule has 1 aliphatic heterocycles. The van der Waals surface area contributed by atoms with Crippen LogP contribution in [-0.4, -0.2) is 24.3 Å². The average Bonchev–Trinajstić information content (AvgIpc) is 2.64. The number of β-amino-alcohol motifs (C(OH)–C–C–N with tert-alkyl or cyclic N) is 1. The van der Waals surface area contributed by atoms with E-state index in [4.69, 9.17) is 0 Å². The van der Waals surface area contributed by atoms with Crippen LogP contribution < -0.4 is 5.32 Å². The zero-order valence-corrected chi connectivity index (χ0v) is 10.3. The highest BCUT2D eigenvalue weighted by Gasteiger charge is 2.29. The highest BCUT2D eigenvalue weighted by atomic mass is 16.3. The van der Waals surface area contributed by atoms with Crippen LogP contribution in [0.1, 0.15) is 52.4 Å². The topological polar surface area (TPSA) is 32.3 Å². The molecular weight excluding hydrogens is 186 g/mol. The van der Waals surface area contributed by atoms with Gasteiger partial charge in [-0.1, -0.05) is 52.4 Å². The number of nitrogens with one attached hydrogen (secondary N) is 1. The minimum absolute atomic E-state index is 0.101. The summed E-state index contributed by atoms with van der Waals surface area (Å²) in [6, 6.07) is 0. The predicted molar refractivity (Wildman–Crippen MR) is 64.9 cm³/mol. The van der Waals surface area contributed by atoms with Crippen LogP contribution in [-0.2, 0) is 0 Å². The van der Waals surface area contributed by atoms with E-state index >= 15 is 0 Å². The number of hydrogen-bond donors (Lipinski definition) is 2. The van der Waals surface area contributed by atoms with Gasteiger partial charge in [-0.3, -0.25) is 0 Å². The first-order valence-electron chi connectivity index (χ1n) is 6.64. The molecule has 0 aliphatic carbocycles. The van der Waals surface area contributed by atoms with Gasteiger partial charge in [0, 0.05) is 19.0 Å². The fourth-order valence-electron chi connectivity index (χ4n) is 2.55. The molecule has 0 aromatic heterocycles. The number of aliphatic hydroxyl groups is 1. The van der Waals surface area contributed by atoms with Crippen LogP contribution in [0.5, 0.6) is 0 Å². The molecule has 0 saturated carbocycles. The molecule has 0 spiro atoms. The lowest BCUT2D eigenvalue weighted by Gasteiger charge is -2.21. The van der Waals surface area contributed by atoms with Crippen molar-refractivity contribution >= 4 is 0 Å². The van der Waals surface area contributed by atoms with Crippen LogP contribution in [0.25, 0.3) is 0 Å². The lowest BCUT2D eigenvalue weighted by atomic mass is 9.87. The number of hydrogen-bond acceptors (Lipinski definition) is 2. The van der Waals surface area contributed by atoms with E-state index < -0.39 is 0 Å².